The number of rotatable bonds is 11. The molecule has 0 spiro atoms. The summed E-state index contributed by atoms with van der Waals surface area (Å²) in [6.07, 6.45) is 23.0. The van der Waals surface area contributed by atoms with Gasteiger partial charge in [-0.15, -0.1) is 0 Å². The summed E-state index contributed by atoms with van der Waals surface area (Å²) >= 11 is 0. The molecule has 0 aliphatic heterocycles. The summed E-state index contributed by atoms with van der Waals surface area (Å²) in [6, 6.07) is 73.1. The zero-order valence-electron chi connectivity index (χ0n) is 72.9. The Hall–Kier alpha value is -7.02. The highest BCUT2D eigenvalue weighted by Crippen LogP contribution is 2.38. The summed E-state index contributed by atoms with van der Waals surface area (Å²) in [5.74, 6) is 3.22. The molecule has 106 heavy (non-hydrogen) atoms. The Labute approximate surface area is 654 Å². The van der Waals surface area contributed by atoms with E-state index in [0.717, 1.165) is 24.2 Å². The van der Waals surface area contributed by atoms with E-state index in [0.29, 0.717) is 22.2 Å². The first kappa shape index (κ1) is 91.4. The first-order valence-electron chi connectivity index (χ1n) is 41.6. The molecule has 0 saturated heterocycles. The fourth-order valence-electron chi connectivity index (χ4n) is 14.8. The second-order valence-corrected chi connectivity index (χ2v) is 35.2. The first-order chi connectivity index (χ1) is 50.0. The van der Waals surface area contributed by atoms with Gasteiger partial charge in [0.15, 0.2) is 0 Å². The van der Waals surface area contributed by atoms with E-state index < -0.39 is 0 Å². The van der Waals surface area contributed by atoms with E-state index in [1.54, 1.807) is 16.7 Å². The number of hydrogen-bond acceptors (Lipinski definition) is 0. The van der Waals surface area contributed by atoms with Gasteiger partial charge in [-0.1, -0.05) is 369 Å². The van der Waals surface area contributed by atoms with Gasteiger partial charge in [0.05, 0.1) is 0 Å². The van der Waals surface area contributed by atoms with Crippen LogP contribution in [0, 0.1) is 95.4 Å². The molecule has 0 heterocycles. The Kier molecular flexibility index (Phi) is 39.4. The number of aryl methyl sites for hydroxylation is 12. The molecule has 0 atom stereocenters. The van der Waals surface area contributed by atoms with Gasteiger partial charge in [-0.2, -0.15) is 0 Å². The van der Waals surface area contributed by atoms with Crippen molar-refractivity contribution in [1.82, 2.24) is 0 Å². The molecule has 0 bridgehead atoms. The van der Waals surface area contributed by atoms with Crippen molar-refractivity contribution in [3.8, 4) is 0 Å². The maximum atomic E-state index is 2.36. The lowest BCUT2D eigenvalue weighted by Crippen LogP contribution is -2.20. The van der Waals surface area contributed by atoms with Crippen molar-refractivity contribution >= 4 is 0 Å². The molecule has 0 N–H and O–H groups in total. The average molecular weight is 1430 g/mol. The van der Waals surface area contributed by atoms with Gasteiger partial charge >= 0.3 is 0 Å². The minimum absolute atomic E-state index is 0.260. The molecule has 0 heteroatoms. The smallest absolute Gasteiger partial charge is 0.00779 e. The standard InChI is InChI=1S/C14H22.2C13H20.3C12H16.C12H18.2C9H12/c1-10(2)12-7-11(3)8-13(9-12)14(4,5)6;1-5-13(4,6-2)12-9-7-8-11(3)10-12;1-5-13(4,6-2)12-10-8-7-9-11(12)3;1-10-6-2-5-9-12(10)11-7-3-4-8-11;1-10-5-4-8-12(9-10)11-6-2-3-7-11;1-10-6-8-12(9-7-10)11-4-2-3-5-11;1-10-5-7-11(8-6-10)9-12(2,3)4;1-7-4-5-8(2)9(3)6-7;1-7-5-4-6-8(2)9(7)3/h7-10H,1-6H3;2*7-10H,5-6H2,1-4H3;2,5-6,9,11H,3-4,7-8H2,1H3;4-5,8-9,11H,2-3,6-7H2,1H3;6-9,11H,2-5H2,1H3;5-8H,9H2,1-4H3;2*4-6H,1-3H3. The molecule has 0 amide bonds. The van der Waals surface area contributed by atoms with Crippen molar-refractivity contribution in [3.05, 3.63) is 317 Å². The van der Waals surface area contributed by atoms with E-state index in [9.17, 15) is 0 Å². The van der Waals surface area contributed by atoms with Gasteiger partial charge < -0.3 is 0 Å². The van der Waals surface area contributed by atoms with Crippen molar-refractivity contribution < 1.29 is 0 Å². The topological polar surface area (TPSA) is 0 Å². The summed E-state index contributed by atoms with van der Waals surface area (Å²) in [7, 11) is 0. The molecular formula is C106H152. The molecule has 3 aliphatic carbocycles. The van der Waals surface area contributed by atoms with Crippen molar-refractivity contribution in [2.24, 2.45) is 5.41 Å². The summed E-state index contributed by atoms with van der Waals surface area (Å²) < 4.78 is 0. The van der Waals surface area contributed by atoms with E-state index in [2.05, 4.69) is 387 Å². The van der Waals surface area contributed by atoms with Crippen molar-refractivity contribution in [3.63, 3.8) is 0 Å². The van der Waals surface area contributed by atoms with Crippen LogP contribution < -0.4 is 0 Å². The van der Waals surface area contributed by atoms with Crippen LogP contribution >= 0.6 is 0 Å². The second-order valence-electron chi connectivity index (χ2n) is 35.2. The summed E-state index contributed by atoms with van der Waals surface area (Å²) in [4.78, 5) is 0. The molecule has 12 rings (SSSR count). The highest BCUT2D eigenvalue weighted by atomic mass is 14.3. The van der Waals surface area contributed by atoms with E-state index in [1.807, 2.05) is 0 Å². The van der Waals surface area contributed by atoms with Crippen LogP contribution in [-0.4, -0.2) is 0 Å². The quantitative estimate of drug-likeness (QED) is 0.121. The van der Waals surface area contributed by atoms with Crippen LogP contribution in [-0.2, 0) is 22.7 Å². The molecule has 3 aliphatic rings. The summed E-state index contributed by atoms with van der Waals surface area (Å²) in [5, 5.41) is 0. The molecule has 0 radical (unpaired) electrons. The van der Waals surface area contributed by atoms with Gasteiger partial charge in [0.25, 0.3) is 0 Å². The minimum atomic E-state index is 0.260. The lowest BCUT2D eigenvalue weighted by molar-refractivity contribution is 0.411. The molecule has 0 unspecified atom stereocenters. The molecule has 0 nitrogen and oxygen atoms in total. The third-order valence-corrected chi connectivity index (χ3v) is 23.4. The Morgan fingerprint density at radius 3 is 1.18 bits per heavy atom. The van der Waals surface area contributed by atoms with Crippen LogP contribution in [0.25, 0.3) is 0 Å². The average Bonchev–Trinajstić information content (AvgIpc) is 1.07. The van der Waals surface area contributed by atoms with E-state index >= 15 is 0 Å². The largest absolute Gasteiger partial charge is 0.0645 e. The molecule has 9 aromatic carbocycles. The van der Waals surface area contributed by atoms with Gasteiger partial charge in [-0.05, 0) is 289 Å². The lowest BCUT2D eigenvalue weighted by Gasteiger charge is -2.29. The molecule has 0 aromatic heterocycles. The lowest BCUT2D eigenvalue weighted by atomic mass is 9.76. The second kappa shape index (κ2) is 45.7. The van der Waals surface area contributed by atoms with Gasteiger partial charge in [-0.3, -0.25) is 0 Å². The van der Waals surface area contributed by atoms with Gasteiger partial charge in [0.1, 0.15) is 0 Å². The predicted molar refractivity (Wildman–Crippen MR) is 475 cm³/mol. The van der Waals surface area contributed by atoms with Crippen molar-refractivity contribution in [1.29, 1.82) is 0 Å². The molecule has 9 aromatic rings. The van der Waals surface area contributed by atoms with Crippen LogP contribution in [0.4, 0.5) is 0 Å². The maximum Gasteiger partial charge on any atom is -0.00779 e. The van der Waals surface area contributed by atoms with Gasteiger partial charge in [0, 0.05) is 0 Å². The highest BCUT2D eigenvalue weighted by molar-refractivity contribution is 5.37. The van der Waals surface area contributed by atoms with Crippen LogP contribution in [0.3, 0.4) is 0 Å². The van der Waals surface area contributed by atoms with Crippen molar-refractivity contribution in [2.75, 3.05) is 0 Å². The zero-order valence-corrected chi connectivity index (χ0v) is 72.9. The fourth-order valence-corrected chi connectivity index (χ4v) is 14.8. The molecule has 3 saturated carbocycles. The third kappa shape index (κ3) is 32.4. The Morgan fingerprint density at radius 1 is 0.311 bits per heavy atom. The Bertz CT molecular complexity index is 3870. The normalized spacial score (nSPS) is 13.7. The monoisotopic (exact) mass is 1430 g/mol. The molecule has 3 fully saturated rings. The SMILES string of the molecule is CCC(C)(CC)c1cccc(C)c1.CCC(C)(CC)c1ccccc1C.Cc1cc(C(C)C)cc(C(C)(C)C)c1.Cc1ccc(C)c(C)c1.Cc1ccc(C2CCCC2)cc1.Cc1ccc(CC(C)(C)C)cc1.Cc1cccc(C)c1C.Cc1cccc(C2CCCC2)c1.Cc1ccccc1C1CCCC1. The third-order valence-electron chi connectivity index (χ3n) is 23.4. The Morgan fingerprint density at radius 2 is 0.736 bits per heavy atom. The van der Waals surface area contributed by atoms with E-state index in [-0.39, 0.29) is 5.41 Å². The van der Waals surface area contributed by atoms with Crippen molar-refractivity contribution in [2.45, 2.75) is 336 Å². The predicted octanol–water partition coefficient (Wildman–Crippen LogP) is 32.3. The molecular weight excluding hydrogens is 1270 g/mol. The van der Waals surface area contributed by atoms with Crippen LogP contribution in [0.5, 0.6) is 0 Å². The summed E-state index contributed by atoms with van der Waals surface area (Å²) in [6.45, 7) is 60.0. The fraction of sp³-hybridized carbons (Fsp3) is 0.491. The van der Waals surface area contributed by atoms with Crippen LogP contribution in [0.1, 0.15) is 340 Å². The minimum Gasteiger partial charge on any atom is -0.0645 e. The number of hydrogen-bond donors (Lipinski definition) is 0. The van der Waals surface area contributed by atoms with Crippen LogP contribution in [0.2, 0.25) is 0 Å². The highest BCUT2D eigenvalue weighted by Gasteiger charge is 2.25. The number of benzene rings is 9. The van der Waals surface area contributed by atoms with E-state index in [4.69, 9.17) is 0 Å². The first-order valence-corrected chi connectivity index (χ1v) is 41.6. The van der Waals surface area contributed by atoms with Crippen LogP contribution in [0.15, 0.2) is 200 Å². The summed E-state index contributed by atoms with van der Waals surface area (Å²) in [5.41, 5.74) is 31.5. The maximum absolute atomic E-state index is 2.36. The van der Waals surface area contributed by atoms with Gasteiger partial charge in [0.2, 0.25) is 0 Å². The zero-order chi connectivity index (χ0) is 78.8. The van der Waals surface area contributed by atoms with Gasteiger partial charge in [-0.25, -0.2) is 0 Å². The molecule has 576 valence electrons. The Balaban J connectivity index is 0.000000253. The van der Waals surface area contributed by atoms with E-state index in [1.165, 1.54) is 203 Å².